The van der Waals surface area contributed by atoms with E-state index < -0.39 is 34.4 Å². The van der Waals surface area contributed by atoms with Crippen LogP contribution < -0.4 is 0 Å². The largest absolute Gasteiger partial charge is 0.501 e. The minimum atomic E-state index is -2.89. The molecule has 0 aromatic carbocycles. The van der Waals surface area contributed by atoms with Crippen LogP contribution in [0, 0.1) is 10.1 Å². The van der Waals surface area contributed by atoms with Gasteiger partial charge in [-0.3, -0.25) is 0 Å². The van der Waals surface area contributed by atoms with Crippen LogP contribution in [0.2, 0.25) is 0 Å². The molecule has 0 aliphatic carbocycles. The number of nitrogens with zero attached hydrogens (tertiary/aromatic N) is 2. The van der Waals surface area contributed by atoms with Crippen molar-refractivity contribution in [3.8, 4) is 5.75 Å². The Kier molecular flexibility index (Phi) is 3.35. The lowest BCUT2D eigenvalue weighted by molar-refractivity contribution is -0.390. The van der Waals surface area contributed by atoms with Crippen molar-refractivity contribution in [1.29, 1.82) is 0 Å². The van der Waals surface area contributed by atoms with E-state index in [-0.39, 0.29) is 5.56 Å². The van der Waals surface area contributed by atoms with Gasteiger partial charge < -0.3 is 15.2 Å². The van der Waals surface area contributed by atoms with Crippen LogP contribution in [-0.2, 0) is 5.88 Å². The van der Waals surface area contributed by atoms with E-state index in [1.54, 1.807) is 0 Å². The molecule has 5 nitrogen and oxygen atoms in total. The molecule has 8 heteroatoms. The molecule has 1 N–H and O–H groups in total. The van der Waals surface area contributed by atoms with Gasteiger partial charge in [0.25, 0.3) is 6.43 Å². The second-order valence-corrected chi connectivity index (χ2v) is 2.82. The van der Waals surface area contributed by atoms with Crippen LogP contribution in [-0.4, -0.2) is 15.0 Å². The van der Waals surface area contributed by atoms with Gasteiger partial charge in [-0.1, -0.05) is 0 Å². The quantitative estimate of drug-likeness (QED) is 0.498. The zero-order valence-corrected chi connectivity index (χ0v) is 7.91. The Labute approximate surface area is 87.5 Å². The summed E-state index contributed by atoms with van der Waals surface area (Å²) in [5, 5.41) is 19.6. The highest BCUT2D eigenvalue weighted by Crippen LogP contribution is 2.35. The van der Waals surface area contributed by atoms with Crippen molar-refractivity contribution in [2.45, 2.75) is 12.3 Å². The number of pyridine rings is 1. The molecule has 0 bridgehead atoms. The molecule has 1 rings (SSSR count). The molecule has 0 radical (unpaired) electrons. The van der Waals surface area contributed by atoms with Gasteiger partial charge in [0.2, 0.25) is 5.75 Å². The Bertz CT molecular complexity index is 400. The first-order valence-electron chi connectivity index (χ1n) is 3.68. The molecule has 0 aliphatic rings. The van der Waals surface area contributed by atoms with Gasteiger partial charge in [-0.2, -0.15) is 0 Å². The van der Waals surface area contributed by atoms with E-state index in [2.05, 4.69) is 4.98 Å². The number of aromatic nitrogens is 1. The molecule has 15 heavy (non-hydrogen) atoms. The van der Waals surface area contributed by atoms with E-state index in [0.29, 0.717) is 6.20 Å². The van der Waals surface area contributed by atoms with E-state index in [1.807, 2.05) is 0 Å². The Hall–Kier alpha value is -1.50. The molecule has 0 amide bonds. The lowest BCUT2D eigenvalue weighted by atomic mass is 10.1. The van der Waals surface area contributed by atoms with Crippen molar-refractivity contribution >= 4 is 17.4 Å². The smallest absolute Gasteiger partial charge is 0.406 e. The highest BCUT2D eigenvalue weighted by atomic mass is 35.5. The summed E-state index contributed by atoms with van der Waals surface area (Å²) in [7, 11) is 0. The van der Waals surface area contributed by atoms with Crippen LogP contribution in [0.5, 0.6) is 5.75 Å². The first-order chi connectivity index (χ1) is 6.99. The first kappa shape index (κ1) is 11.6. The monoisotopic (exact) mass is 238 g/mol. The molecule has 82 valence electrons. The third-order valence-corrected chi connectivity index (χ3v) is 1.98. The average molecular weight is 239 g/mol. The SMILES string of the molecule is O=[N+]([O-])c1ncc(C(F)F)c(CCl)c1O. The minimum absolute atomic E-state index is 0.367. The van der Waals surface area contributed by atoms with Gasteiger partial charge in [0.15, 0.2) is 0 Å². The second kappa shape index (κ2) is 4.35. The van der Waals surface area contributed by atoms with Crippen molar-refractivity contribution in [2.75, 3.05) is 0 Å². The van der Waals surface area contributed by atoms with Crippen molar-refractivity contribution in [1.82, 2.24) is 4.98 Å². The standard InChI is InChI=1S/C7H5ClF2N2O3/c8-1-3-4(6(9)10)2-11-7(5(3)13)12(14)15/h2,6,13H,1H2. The summed E-state index contributed by atoms with van der Waals surface area (Å²) >= 11 is 5.31. The zero-order valence-electron chi connectivity index (χ0n) is 7.15. The van der Waals surface area contributed by atoms with Crippen LogP contribution in [0.4, 0.5) is 14.6 Å². The summed E-state index contributed by atoms with van der Waals surface area (Å²) in [5.41, 5.74) is -0.971. The second-order valence-electron chi connectivity index (χ2n) is 2.56. The number of hydrogen-bond acceptors (Lipinski definition) is 4. The molecule has 0 unspecified atom stereocenters. The van der Waals surface area contributed by atoms with Gasteiger partial charge in [-0.15, -0.1) is 11.6 Å². The Morgan fingerprint density at radius 1 is 1.67 bits per heavy atom. The van der Waals surface area contributed by atoms with Gasteiger partial charge in [-0.25, -0.2) is 8.78 Å². The molecule has 0 fully saturated rings. The van der Waals surface area contributed by atoms with E-state index >= 15 is 0 Å². The summed E-state index contributed by atoms with van der Waals surface area (Å²) in [4.78, 5) is 12.5. The maximum atomic E-state index is 12.3. The van der Waals surface area contributed by atoms with Crippen molar-refractivity contribution in [2.24, 2.45) is 0 Å². The van der Waals surface area contributed by atoms with Gasteiger partial charge >= 0.3 is 5.82 Å². The molecule has 1 heterocycles. The number of halogens is 3. The van der Waals surface area contributed by atoms with Crippen LogP contribution in [0.3, 0.4) is 0 Å². The number of hydrogen-bond donors (Lipinski definition) is 1. The summed E-state index contributed by atoms with van der Waals surface area (Å²) in [6.07, 6.45) is -2.25. The summed E-state index contributed by atoms with van der Waals surface area (Å²) in [5.74, 6) is -2.24. The van der Waals surface area contributed by atoms with E-state index in [0.717, 1.165) is 0 Å². The average Bonchev–Trinajstić information content (AvgIpc) is 2.16. The number of rotatable bonds is 3. The summed E-state index contributed by atoms with van der Waals surface area (Å²) in [6.45, 7) is 0. The molecular weight excluding hydrogens is 234 g/mol. The van der Waals surface area contributed by atoms with Crippen LogP contribution in [0.25, 0.3) is 0 Å². The predicted octanol–water partition coefficient (Wildman–Crippen LogP) is 2.37. The highest BCUT2D eigenvalue weighted by molar-refractivity contribution is 6.17. The number of alkyl halides is 3. The fourth-order valence-electron chi connectivity index (χ4n) is 1.00. The summed E-state index contributed by atoms with van der Waals surface area (Å²) < 4.78 is 24.7. The first-order valence-corrected chi connectivity index (χ1v) is 4.21. The van der Waals surface area contributed by atoms with Crippen molar-refractivity contribution in [3.63, 3.8) is 0 Å². The van der Waals surface area contributed by atoms with Crippen LogP contribution >= 0.6 is 11.6 Å². The molecule has 1 aromatic rings. The molecule has 0 aliphatic heterocycles. The molecule has 0 saturated carbocycles. The maximum absolute atomic E-state index is 12.3. The minimum Gasteiger partial charge on any atom is -0.501 e. The Morgan fingerprint density at radius 2 is 2.27 bits per heavy atom. The lowest BCUT2D eigenvalue weighted by Crippen LogP contribution is -2.00. The molecule has 0 spiro atoms. The van der Waals surface area contributed by atoms with E-state index in [4.69, 9.17) is 11.6 Å². The fourth-order valence-corrected chi connectivity index (χ4v) is 1.28. The van der Waals surface area contributed by atoms with Gasteiger partial charge in [-0.05, 0) is 9.91 Å². The fraction of sp³-hybridized carbons (Fsp3) is 0.286. The summed E-state index contributed by atoms with van der Waals surface area (Å²) in [6, 6.07) is 0. The topological polar surface area (TPSA) is 76.3 Å². The van der Waals surface area contributed by atoms with Crippen molar-refractivity contribution in [3.05, 3.63) is 27.4 Å². The third kappa shape index (κ3) is 2.12. The Morgan fingerprint density at radius 3 is 2.67 bits per heavy atom. The lowest BCUT2D eigenvalue weighted by Gasteiger charge is -2.06. The molecule has 0 saturated heterocycles. The molecule has 1 aromatic heterocycles. The zero-order chi connectivity index (χ0) is 11.6. The van der Waals surface area contributed by atoms with Gasteiger partial charge in [0.05, 0.1) is 11.4 Å². The predicted molar refractivity (Wildman–Crippen MR) is 47.1 cm³/mol. The maximum Gasteiger partial charge on any atom is 0.406 e. The Balaban J connectivity index is 3.39. The van der Waals surface area contributed by atoms with Crippen LogP contribution in [0.1, 0.15) is 17.6 Å². The molecule has 0 atom stereocenters. The normalized spacial score (nSPS) is 10.7. The van der Waals surface area contributed by atoms with Gasteiger partial charge in [0, 0.05) is 5.56 Å². The van der Waals surface area contributed by atoms with Crippen LogP contribution in [0.15, 0.2) is 6.20 Å². The molecular formula is C7H5ClF2N2O3. The van der Waals surface area contributed by atoms with Gasteiger partial charge in [0.1, 0.15) is 6.20 Å². The highest BCUT2D eigenvalue weighted by Gasteiger charge is 2.25. The third-order valence-electron chi connectivity index (χ3n) is 1.71. The number of nitro groups is 1. The van der Waals surface area contributed by atoms with E-state index in [1.165, 1.54) is 0 Å². The number of aromatic hydroxyl groups is 1. The van der Waals surface area contributed by atoms with Crippen molar-refractivity contribution < 1.29 is 18.8 Å². The van der Waals surface area contributed by atoms with E-state index in [9.17, 15) is 24.0 Å².